The third kappa shape index (κ3) is 5.54. The third-order valence-corrected chi connectivity index (χ3v) is 7.73. The first-order chi connectivity index (χ1) is 13.7. The second kappa shape index (κ2) is 8.79. The third-order valence-electron chi connectivity index (χ3n) is 5.48. The summed E-state index contributed by atoms with van der Waals surface area (Å²) in [5.41, 5.74) is 1.96. The summed E-state index contributed by atoms with van der Waals surface area (Å²) in [6, 6.07) is 10.4. The number of hydrogen-bond donors (Lipinski definition) is 2. The van der Waals surface area contributed by atoms with Crippen molar-refractivity contribution in [2.24, 2.45) is 5.92 Å². The molecule has 1 fully saturated rings. The number of anilines is 1. The fourth-order valence-corrected chi connectivity index (χ4v) is 4.52. The van der Waals surface area contributed by atoms with Gasteiger partial charge in [-0.3, -0.25) is 4.98 Å². The molecule has 3 rings (SSSR count). The number of rotatable bonds is 6. The van der Waals surface area contributed by atoms with Gasteiger partial charge in [-0.1, -0.05) is 6.07 Å². The van der Waals surface area contributed by atoms with E-state index in [-0.39, 0.29) is 11.9 Å². The molecule has 7 heteroatoms. The molecule has 0 unspecified atom stereocenters. The van der Waals surface area contributed by atoms with Gasteiger partial charge in [-0.05, 0) is 82.7 Å². The van der Waals surface area contributed by atoms with Gasteiger partial charge in [0.1, 0.15) is 5.82 Å². The number of benzene rings is 1. The predicted octanol–water partition coefficient (Wildman–Crippen LogP) is 4.58. The molecule has 0 amide bonds. The SMILES string of the molecule is CC(C)(C)S(=O)(=O)NC1CCC(CNc2ccc(F)c(-c3ccccn3)c2)CC1. The minimum absolute atomic E-state index is 0.0112. The van der Waals surface area contributed by atoms with E-state index in [9.17, 15) is 12.8 Å². The molecule has 0 spiro atoms. The topological polar surface area (TPSA) is 71.1 Å². The maximum Gasteiger partial charge on any atom is 0.216 e. The number of sulfonamides is 1. The maximum atomic E-state index is 14.2. The van der Waals surface area contributed by atoms with Crippen LogP contribution in [0.2, 0.25) is 0 Å². The lowest BCUT2D eigenvalue weighted by Gasteiger charge is -2.31. The van der Waals surface area contributed by atoms with Gasteiger partial charge in [0.25, 0.3) is 0 Å². The highest BCUT2D eigenvalue weighted by atomic mass is 32.2. The predicted molar refractivity (Wildman–Crippen MR) is 116 cm³/mol. The molecular formula is C22H30FN3O2S. The van der Waals surface area contributed by atoms with Gasteiger partial charge >= 0.3 is 0 Å². The Morgan fingerprint density at radius 1 is 1.10 bits per heavy atom. The van der Waals surface area contributed by atoms with Crippen molar-refractivity contribution in [3.05, 3.63) is 48.4 Å². The zero-order valence-corrected chi connectivity index (χ0v) is 18.1. The smallest absolute Gasteiger partial charge is 0.216 e. The fraction of sp³-hybridized carbons (Fsp3) is 0.500. The van der Waals surface area contributed by atoms with Crippen LogP contribution in [0.15, 0.2) is 42.6 Å². The molecule has 2 aromatic rings. The Hall–Kier alpha value is -1.99. The van der Waals surface area contributed by atoms with Gasteiger partial charge in [0, 0.05) is 30.0 Å². The van der Waals surface area contributed by atoms with Crippen molar-refractivity contribution >= 4 is 15.7 Å². The Morgan fingerprint density at radius 2 is 1.83 bits per heavy atom. The molecule has 1 aromatic heterocycles. The molecule has 158 valence electrons. The highest BCUT2D eigenvalue weighted by molar-refractivity contribution is 7.90. The van der Waals surface area contributed by atoms with Gasteiger partial charge in [-0.25, -0.2) is 17.5 Å². The summed E-state index contributed by atoms with van der Waals surface area (Å²) in [6.07, 6.45) is 5.24. The van der Waals surface area contributed by atoms with Gasteiger partial charge in [0.15, 0.2) is 0 Å². The van der Waals surface area contributed by atoms with E-state index in [0.717, 1.165) is 37.9 Å². The first-order valence-corrected chi connectivity index (χ1v) is 11.6. The zero-order valence-electron chi connectivity index (χ0n) is 17.3. The number of hydrogen-bond acceptors (Lipinski definition) is 4. The van der Waals surface area contributed by atoms with Crippen LogP contribution < -0.4 is 10.0 Å². The monoisotopic (exact) mass is 419 g/mol. The second-order valence-corrected chi connectivity index (χ2v) is 11.2. The Bertz CT molecular complexity index is 919. The molecule has 1 heterocycles. The summed E-state index contributed by atoms with van der Waals surface area (Å²) in [6.45, 7) is 5.93. The highest BCUT2D eigenvalue weighted by Gasteiger charge is 2.32. The molecule has 0 aliphatic heterocycles. The van der Waals surface area contributed by atoms with Crippen LogP contribution in [0.3, 0.4) is 0 Å². The Morgan fingerprint density at radius 3 is 2.45 bits per heavy atom. The first kappa shape index (κ1) is 21.7. The summed E-state index contributed by atoms with van der Waals surface area (Å²) < 4.78 is 40.9. The summed E-state index contributed by atoms with van der Waals surface area (Å²) in [4.78, 5) is 4.23. The van der Waals surface area contributed by atoms with Gasteiger partial charge in [-0.15, -0.1) is 0 Å². The fourth-order valence-electron chi connectivity index (χ4n) is 3.50. The molecule has 2 N–H and O–H groups in total. The molecular weight excluding hydrogens is 389 g/mol. The van der Waals surface area contributed by atoms with E-state index in [4.69, 9.17) is 0 Å². The van der Waals surface area contributed by atoms with Crippen molar-refractivity contribution in [2.45, 2.75) is 57.2 Å². The van der Waals surface area contributed by atoms with Crippen molar-refractivity contribution in [2.75, 3.05) is 11.9 Å². The first-order valence-electron chi connectivity index (χ1n) is 10.1. The van der Waals surface area contributed by atoms with Gasteiger partial charge in [0.2, 0.25) is 10.0 Å². The number of pyridine rings is 1. The number of halogens is 1. The number of nitrogens with zero attached hydrogens (tertiary/aromatic N) is 1. The minimum Gasteiger partial charge on any atom is -0.385 e. The molecule has 1 saturated carbocycles. The molecule has 1 aliphatic rings. The van der Waals surface area contributed by atoms with Gasteiger partial charge < -0.3 is 5.32 Å². The summed E-state index contributed by atoms with van der Waals surface area (Å²) in [5, 5.41) is 3.41. The van der Waals surface area contributed by atoms with Crippen LogP contribution in [-0.4, -0.2) is 30.7 Å². The van der Waals surface area contributed by atoms with Crippen LogP contribution in [0.1, 0.15) is 46.5 Å². The lowest BCUT2D eigenvalue weighted by Crippen LogP contribution is -2.46. The van der Waals surface area contributed by atoms with Crippen LogP contribution in [0, 0.1) is 11.7 Å². The van der Waals surface area contributed by atoms with Crippen molar-refractivity contribution < 1.29 is 12.8 Å². The summed E-state index contributed by atoms with van der Waals surface area (Å²) >= 11 is 0. The molecule has 0 atom stereocenters. The Labute approximate surface area is 173 Å². The lowest BCUT2D eigenvalue weighted by atomic mass is 9.86. The van der Waals surface area contributed by atoms with E-state index < -0.39 is 14.8 Å². The Balaban J connectivity index is 1.54. The van der Waals surface area contributed by atoms with Gasteiger partial charge in [-0.2, -0.15) is 0 Å². The van der Waals surface area contributed by atoms with Crippen molar-refractivity contribution in [1.82, 2.24) is 9.71 Å². The normalized spacial score (nSPS) is 20.4. The molecule has 1 aliphatic carbocycles. The Kier molecular flexibility index (Phi) is 6.58. The second-order valence-electron chi connectivity index (χ2n) is 8.74. The summed E-state index contributed by atoms with van der Waals surface area (Å²) in [7, 11) is -3.31. The standard InChI is InChI=1S/C22H30FN3O2S/c1-22(2,3)29(27,28)26-17-9-7-16(8-10-17)15-25-18-11-12-20(23)19(14-18)21-6-4-5-13-24-21/h4-6,11-14,16-17,25-26H,7-10,15H2,1-3H3. The number of nitrogens with one attached hydrogen (secondary N) is 2. The van der Waals surface area contributed by atoms with Crippen LogP contribution in [0.4, 0.5) is 10.1 Å². The molecule has 0 saturated heterocycles. The van der Waals surface area contributed by atoms with Crippen LogP contribution in [-0.2, 0) is 10.0 Å². The van der Waals surface area contributed by atoms with Crippen molar-refractivity contribution in [1.29, 1.82) is 0 Å². The summed E-state index contributed by atoms with van der Waals surface area (Å²) in [5.74, 6) is 0.176. The largest absolute Gasteiger partial charge is 0.385 e. The van der Waals surface area contributed by atoms with E-state index in [2.05, 4.69) is 15.0 Å². The zero-order chi connectivity index (χ0) is 21.1. The molecule has 0 bridgehead atoms. The van der Waals surface area contributed by atoms with E-state index in [0.29, 0.717) is 17.2 Å². The van der Waals surface area contributed by atoms with Gasteiger partial charge in [0.05, 0.1) is 10.4 Å². The molecule has 29 heavy (non-hydrogen) atoms. The molecule has 5 nitrogen and oxygen atoms in total. The van der Waals surface area contributed by atoms with E-state index in [1.165, 1.54) is 6.07 Å². The van der Waals surface area contributed by atoms with E-state index in [1.54, 1.807) is 51.2 Å². The average molecular weight is 420 g/mol. The average Bonchev–Trinajstić information content (AvgIpc) is 2.68. The van der Waals surface area contributed by atoms with E-state index in [1.807, 2.05) is 6.07 Å². The molecule has 0 radical (unpaired) electrons. The van der Waals surface area contributed by atoms with Crippen LogP contribution >= 0.6 is 0 Å². The lowest BCUT2D eigenvalue weighted by molar-refractivity contribution is 0.322. The van der Waals surface area contributed by atoms with E-state index >= 15 is 0 Å². The van der Waals surface area contributed by atoms with Crippen molar-refractivity contribution in [3.63, 3.8) is 0 Å². The quantitative estimate of drug-likeness (QED) is 0.719. The van der Waals surface area contributed by atoms with Crippen LogP contribution in [0.25, 0.3) is 11.3 Å². The highest BCUT2D eigenvalue weighted by Crippen LogP contribution is 2.28. The van der Waals surface area contributed by atoms with Crippen LogP contribution in [0.5, 0.6) is 0 Å². The maximum absolute atomic E-state index is 14.2. The minimum atomic E-state index is -3.31. The molecule has 1 aromatic carbocycles. The number of aromatic nitrogens is 1. The van der Waals surface area contributed by atoms with Crippen molar-refractivity contribution in [3.8, 4) is 11.3 Å².